The topological polar surface area (TPSA) is 181 Å². The number of aliphatic hydroxyl groups excluding tert-OH is 2. The molecular weight excluding hydrogens is 768 g/mol. The standard InChI is InChI=1S/C42H44F3N9O5/c1-25(2)53-22-29(48-23-53)18-19-46-41-51-37(47-21-30(26-12-6-3-7-13-26)27-14-8-4-9-15-27)34-38(52-41)54(24-49-34)32-20-31(35(55)36(32)56)50-39(57)33(28-16-10-5-11-17-28)42(43,44)40(58)59-45/h3-17,22-25,30-33,35-36,55-56H,18-21H2,1-2H3,(H,50,57)(H2,46,47,51,52)/t31-,32+,33?,35+,36-/m0/s1. The first-order valence-corrected chi connectivity index (χ1v) is 19.2. The molecule has 59 heavy (non-hydrogen) atoms. The number of imidazole rings is 2. The number of nitrogens with zero attached hydrogens (tertiary/aromatic N) is 6. The van der Waals surface area contributed by atoms with E-state index in [4.69, 9.17) is 9.97 Å². The largest absolute Gasteiger partial charge is 0.418 e. The van der Waals surface area contributed by atoms with Crippen LogP contribution in [-0.2, 0) is 21.0 Å². The molecule has 0 spiro atoms. The molecule has 0 radical (unpaired) electrons. The van der Waals surface area contributed by atoms with Crippen molar-refractivity contribution in [1.29, 1.82) is 0 Å². The quantitative estimate of drug-likeness (QED) is 0.0833. The predicted octanol–water partition coefficient (Wildman–Crippen LogP) is 5.50. The molecule has 1 fully saturated rings. The van der Waals surface area contributed by atoms with Crippen LogP contribution in [-0.4, -0.2) is 88.4 Å². The third kappa shape index (κ3) is 8.75. The Balaban J connectivity index is 1.18. The number of hydrogen-bond acceptors (Lipinski definition) is 11. The normalized spacial score (nSPS) is 18.6. The highest BCUT2D eigenvalue weighted by Gasteiger charge is 2.55. The second-order valence-electron chi connectivity index (χ2n) is 14.8. The first-order chi connectivity index (χ1) is 28.5. The van der Waals surface area contributed by atoms with E-state index < -0.39 is 48.0 Å². The minimum absolute atomic E-state index is 0.0769. The molecule has 14 nitrogen and oxygen atoms in total. The third-order valence-electron chi connectivity index (χ3n) is 10.7. The number of nitrogens with one attached hydrogen (secondary N) is 3. The molecule has 1 unspecified atom stereocenters. The molecule has 5 N–H and O–H groups in total. The number of aromatic nitrogens is 6. The Morgan fingerprint density at radius 3 is 2.08 bits per heavy atom. The highest BCUT2D eigenvalue weighted by molar-refractivity contribution is 5.93. The van der Waals surface area contributed by atoms with Gasteiger partial charge in [0.1, 0.15) is 18.1 Å². The van der Waals surface area contributed by atoms with E-state index in [0.29, 0.717) is 30.8 Å². The number of fused-ring (bicyclic) bond motifs is 1. The van der Waals surface area contributed by atoms with E-state index in [1.807, 2.05) is 47.2 Å². The fourth-order valence-electron chi connectivity index (χ4n) is 7.49. The van der Waals surface area contributed by atoms with E-state index in [2.05, 4.69) is 69.0 Å². The molecule has 3 aromatic carbocycles. The number of halogens is 3. The minimum Gasteiger partial charge on any atom is -0.388 e. The molecule has 3 aromatic heterocycles. The molecule has 1 saturated carbocycles. The fourth-order valence-corrected chi connectivity index (χ4v) is 7.49. The molecule has 1 amide bonds. The second kappa shape index (κ2) is 17.7. The van der Waals surface area contributed by atoms with Crippen LogP contribution in [0.4, 0.5) is 25.1 Å². The Morgan fingerprint density at radius 1 is 0.864 bits per heavy atom. The maximum atomic E-state index is 15.2. The molecule has 308 valence electrons. The summed E-state index contributed by atoms with van der Waals surface area (Å²) >= 11 is 0. The predicted molar refractivity (Wildman–Crippen MR) is 212 cm³/mol. The highest BCUT2D eigenvalue weighted by atomic mass is 19.3. The van der Waals surface area contributed by atoms with Crippen molar-refractivity contribution in [2.45, 2.75) is 74.8 Å². The number of aliphatic hydroxyl groups is 2. The molecule has 1 aliphatic carbocycles. The van der Waals surface area contributed by atoms with Crippen LogP contribution in [0.15, 0.2) is 110 Å². The van der Waals surface area contributed by atoms with Gasteiger partial charge in [-0.05, 0) is 37.0 Å². The van der Waals surface area contributed by atoms with Crippen LogP contribution < -0.4 is 16.0 Å². The van der Waals surface area contributed by atoms with Crippen LogP contribution in [0.5, 0.6) is 0 Å². The maximum Gasteiger partial charge on any atom is 0.418 e. The molecule has 7 rings (SSSR count). The fraction of sp³-hybridized carbons (Fsp3) is 0.333. The Bertz CT molecular complexity index is 2310. The van der Waals surface area contributed by atoms with Gasteiger partial charge >= 0.3 is 11.9 Å². The Kier molecular flexibility index (Phi) is 12.2. The number of benzene rings is 3. The third-order valence-corrected chi connectivity index (χ3v) is 10.7. The number of alkyl halides is 2. The second-order valence-corrected chi connectivity index (χ2v) is 14.8. The summed E-state index contributed by atoms with van der Waals surface area (Å²) in [6.45, 7) is 4.97. The highest BCUT2D eigenvalue weighted by Crippen LogP contribution is 2.38. The lowest BCUT2D eigenvalue weighted by Gasteiger charge is -2.26. The van der Waals surface area contributed by atoms with Crippen LogP contribution in [0.2, 0.25) is 0 Å². The van der Waals surface area contributed by atoms with Gasteiger partial charge in [0.25, 0.3) is 0 Å². The first kappa shape index (κ1) is 40.9. The smallest absolute Gasteiger partial charge is 0.388 e. The summed E-state index contributed by atoms with van der Waals surface area (Å²) in [5, 5.41) is 31.7. The number of carbonyl (C=O) groups excluding carboxylic acids is 2. The lowest BCUT2D eigenvalue weighted by atomic mass is 9.91. The van der Waals surface area contributed by atoms with Gasteiger partial charge in [-0.15, -0.1) is 0 Å². The van der Waals surface area contributed by atoms with E-state index in [-0.39, 0.29) is 35.5 Å². The van der Waals surface area contributed by atoms with Crippen LogP contribution in [0.3, 0.4) is 0 Å². The van der Waals surface area contributed by atoms with Crippen LogP contribution in [0.1, 0.15) is 66.6 Å². The lowest BCUT2D eigenvalue weighted by molar-refractivity contribution is -0.214. The Labute approximate surface area is 337 Å². The molecule has 17 heteroatoms. The zero-order valence-electron chi connectivity index (χ0n) is 32.2. The number of rotatable bonds is 16. The molecular formula is C42H44F3N9O5. The van der Waals surface area contributed by atoms with Gasteiger partial charge in [0.15, 0.2) is 17.0 Å². The van der Waals surface area contributed by atoms with E-state index >= 15 is 8.78 Å². The average Bonchev–Trinajstić information content (AvgIpc) is 3.97. The summed E-state index contributed by atoms with van der Waals surface area (Å²) in [5.74, 6) is -10.5. The van der Waals surface area contributed by atoms with Crippen LogP contribution in [0, 0.1) is 0 Å². The summed E-state index contributed by atoms with van der Waals surface area (Å²) < 4.78 is 46.8. The van der Waals surface area contributed by atoms with Crippen molar-refractivity contribution in [3.05, 3.63) is 132 Å². The number of carbonyl (C=O) groups is 2. The van der Waals surface area contributed by atoms with Gasteiger partial charge < -0.3 is 35.3 Å². The van der Waals surface area contributed by atoms with Gasteiger partial charge in [-0.1, -0.05) is 91.0 Å². The summed E-state index contributed by atoms with van der Waals surface area (Å²) in [5.41, 5.74) is 3.37. The lowest BCUT2D eigenvalue weighted by Crippen LogP contribution is -2.50. The summed E-state index contributed by atoms with van der Waals surface area (Å²) in [7, 11) is 0. The molecule has 0 aliphatic heterocycles. The van der Waals surface area contributed by atoms with Crippen LogP contribution in [0.25, 0.3) is 11.2 Å². The number of hydrogen-bond donors (Lipinski definition) is 5. The van der Waals surface area contributed by atoms with Crippen molar-refractivity contribution in [2.24, 2.45) is 0 Å². The van der Waals surface area contributed by atoms with Gasteiger partial charge in [0.05, 0.1) is 30.4 Å². The van der Waals surface area contributed by atoms with E-state index in [0.717, 1.165) is 16.8 Å². The van der Waals surface area contributed by atoms with E-state index in [1.54, 1.807) is 10.9 Å². The van der Waals surface area contributed by atoms with Crippen molar-refractivity contribution >= 4 is 34.8 Å². The van der Waals surface area contributed by atoms with E-state index in [1.165, 1.54) is 36.7 Å². The van der Waals surface area contributed by atoms with Gasteiger partial charge in [0, 0.05) is 42.2 Å². The average molecular weight is 812 g/mol. The minimum atomic E-state index is -4.61. The molecule has 3 heterocycles. The van der Waals surface area contributed by atoms with Crippen molar-refractivity contribution in [1.82, 2.24) is 34.4 Å². The van der Waals surface area contributed by atoms with Crippen molar-refractivity contribution in [3.8, 4) is 0 Å². The van der Waals surface area contributed by atoms with Crippen LogP contribution >= 0.6 is 0 Å². The summed E-state index contributed by atoms with van der Waals surface area (Å²) in [6, 6.07) is 24.7. The maximum absolute atomic E-state index is 15.2. The van der Waals surface area contributed by atoms with Gasteiger partial charge in [-0.3, -0.25) is 4.79 Å². The summed E-state index contributed by atoms with van der Waals surface area (Å²) in [4.78, 5) is 46.9. The Morgan fingerprint density at radius 2 is 1.49 bits per heavy atom. The van der Waals surface area contributed by atoms with Gasteiger partial charge in [-0.25, -0.2) is 19.7 Å². The van der Waals surface area contributed by atoms with Gasteiger partial charge in [-0.2, -0.15) is 18.7 Å². The zero-order valence-corrected chi connectivity index (χ0v) is 32.2. The van der Waals surface area contributed by atoms with E-state index in [9.17, 15) is 24.3 Å². The van der Waals surface area contributed by atoms with Crippen molar-refractivity contribution in [3.63, 3.8) is 0 Å². The number of anilines is 2. The molecule has 1 aliphatic rings. The van der Waals surface area contributed by atoms with Gasteiger partial charge in [0.2, 0.25) is 11.9 Å². The number of amides is 1. The molecule has 6 aromatic rings. The Hall–Kier alpha value is -6.33. The molecule has 0 saturated heterocycles. The monoisotopic (exact) mass is 811 g/mol. The summed E-state index contributed by atoms with van der Waals surface area (Å²) in [6.07, 6.45) is 2.43. The SMILES string of the molecule is CC(C)n1cnc(CCNc2nc(NCC(c3ccccc3)c3ccccc3)c3ncn([C@@H]4C[C@H](NC(=O)C(c5ccccc5)C(F)(F)C(=O)OF)[C@@H](O)[C@H]4O)c3n2)c1. The zero-order chi connectivity index (χ0) is 41.7. The molecule has 0 bridgehead atoms. The van der Waals surface area contributed by atoms with Crippen molar-refractivity contribution < 1.29 is 38.1 Å². The first-order valence-electron chi connectivity index (χ1n) is 19.2. The van der Waals surface area contributed by atoms with Crippen molar-refractivity contribution in [2.75, 3.05) is 23.7 Å². The molecule has 5 atom stereocenters.